The molecule has 43 heavy (non-hydrogen) atoms. The number of nitrogens with zero attached hydrogens (tertiary/aromatic N) is 6. The van der Waals surface area contributed by atoms with Gasteiger partial charge in [-0.3, -0.25) is 9.97 Å². The van der Waals surface area contributed by atoms with Crippen LogP contribution < -0.4 is 14.4 Å². The van der Waals surface area contributed by atoms with Gasteiger partial charge in [0, 0.05) is 65.6 Å². The molecule has 1 aliphatic heterocycles. The zero-order valence-electron chi connectivity index (χ0n) is 24.4. The number of fused-ring (bicyclic) bond motifs is 1. The molecular weight excluding hydrogens is 588 g/mol. The van der Waals surface area contributed by atoms with Crippen LogP contribution in [0.2, 0.25) is 5.02 Å². The summed E-state index contributed by atoms with van der Waals surface area (Å²) < 4.78 is 36.7. The molecule has 0 aliphatic carbocycles. The van der Waals surface area contributed by atoms with Crippen molar-refractivity contribution in [3.63, 3.8) is 0 Å². The molecule has 6 rings (SSSR count). The maximum atomic E-state index is 12.0. The number of pyridine rings is 3. The minimum atomic E-state index is -3.09. The van der Waals surface area contributed by atoms with Crippen LogP contribution in [0.25, 0.3) is 39.2 Å². The SMILES string of the molecule is COc1ccc(-c2cc(N3C[C@H](CS(C)(=O)=O)[C@H]3C)cc(-n3ncc4c(C)nc(-c5cnccc5OC)cc43)n2)c(Cl)c1. The van der Waals surface area contributed by atoms with Crippen molar-refractivity contribution < 1.29 is 17.9 Å². The fourth-order valence-corrected chi connectivity index (χ4v) is 7.03. The molecule has 0 radical (unpaired) electrons. The Labute approximate surface area is 255 Å². The van der Waals surface area contributed by atoms with E-state index in [-0.39, 0.29) is 17.7 Å². The lowest BCUT2D eigenvalue weighted by atomic mass is 9.91. The minimum absolute atomic E-state index is 0.0228. The maximum Gasteiger partial charge on any atom is 0.156 e. The predicted octanol–water partition coefficient (Wildman–Crippen LogP) is 5.39. The number of anilines is 1. The van der Waals surface area contributed by atoms with Crippen LogP contribution in [0.1, 0.15) is 12.6 Å². The molecule has 1 aliphatic rings. The summed E-state index contributed by atoms with van der Waals surface area (Å²) in [7, 11) is 0.119. The molecule has 12 heteroatoms. The largest absolute Gasteiger partial charge is 0.497 e. The van der Waals surface area contributed by atoms with Gasteiger partial charge in [-0.25, -0.2) is 18.1 Å². The van der Waals surface area contributed by atoms with Crippen LogP contribution in [0.5, 0.6) is 11.5 Å². The van der Waals surface area contributed by atoms with Crippen molar-refractivity contribution >= 4 is 38.0 Å². The molecule has 1 saturated heterocycles. The monoisotopic (exact) mass is 618 g/mol. The highest BCUT2D eigenvalue weighted by Crippen LogP contribution is 2.38. The average Bonchev–Trinajstić information content (AvgIpc) is 3.42. The molecule has 5 heterocycles. The normalized spacial score (nSPS) is 16.7. The maximum absolute atomic E-state index is 12.0. The van der Waals surface area contributed by atoms with Gasteiger partial charge in [0.25, 0.3) is 0 Å². The molecule has 222 valence electrons. The van der Waals surface area contributed by atoms with Crippen molar-refractivity contribution in [2.24, 2.45) is 5.92 Å². The molecule has 0 unspecified atom stereocenters. The molecule has 0 N–H and O–H groups in total. The van der Waals surface area contributed by atoms with Crippen molar-refractivity contribution in [2.45, 2.75) is 19.9 Å². The second-order valence-electron chi connectivity index (χ2n) is 10.8. The number of ether oxygens (including phenoxy) is 2. The number of halogens is 1. The van der Waals surface area contributed by atoms with Gasteiger partial charge in [-0.05, 0) is 50.2 Å². The van der Waals surface area contributed by atoms with Crippen molar-refractivity contribution in [1.29, 1.82) is 0 Å². The first-order valence-corrected chi connectivity index (χ1v) is 16.1. The summed E-state index contributed by atoms with van der Waals surface area (Å²) in [5, 5.41) is 6.11. The summed E-state index contributed by atoms with van der Waals surface area (Å²) in [6.45, 7) is 4.60. The molecule has 1 fully saturated rings. The summed E-state index contributed by atoms with van der Waals surface area (Å²) in [5.74, 6) is 2.08. The first kappa shape index (κ1) is 28.9. The fourth-order valence-electron chi connectivity index (χ4n) is 5.60. The van der Waals surface area contributed by atoms with E-state index in [1.807, 2.05) is 44.2 Å². The van der Waals surface area contributed by atoms with Crippen LogP contribution in [-0.2, 0) is 9.84 Å². The van der Waals surface area contributed by atoms with Gasteiger partial charge >= 0.3 is 0 Å². The molecule has 0 saturated carbocycles. The third-order valence-corrected chi connectivity index (χ3v) is 9.30. The van der Waals surface area contributed by atoms with Crippen LogP contribution in [0.3, 0.4) is 0 Å². The van der Waals surface area contributed by atoms with Crippen LogP contribution >= 0.6 is 11.6 Å². The number of rotatable bonds is 8. The second kappa shape index (κ2) is 11.1. The van der Waals surface area contributed by atoms with Gasteiger partial charge in [-0.15, -0.1) is 0 Å². The van der Waals surface area contributed by atoms with E-state index in [9.17, 15) is 8.42 Å². The summed E-state index contributed by atoms with van der Waals surface area (Å²) >= 11 is 6.71. The Morgan fingerprint density at radius 3 is 2.49 bits per heavy atom. The molecule has 0 bridgehead atoms. The summed E-state index contributed by atoms with van der Waals surface area (Å²) in [6, 6.07) is 13.2. The van der Waals surface area contributed by atoms with E-state index >= 15 is 0 Å². The Kier molecular flexibility index (Phi) is 7.47. The lowest BCUT2D eigenvalue weighted by Crippen LogP contribution is -2.57. The first-order valence-electron chi connectivity index (χ1n) is 13.7. The Balaban J connectivity index is 1.50. The number of aromatic nitrogens is 5. The Morgan fingerprint density at radius 2 is 1.79 bits per heavy atom. The average molecular weight is 619 g/mol. The second-order valence-corrected chi connectivity index (χ2v) is 13.4. The predicted molar refractivity (Wildman–Crippen MR) is 168 cm³/mol. The molecule has 10 nitrogen and oxygen atoms in total. The first-order chi connectivity index (χ1) is 20.6. The van der Waals surface area contributed by atoms with Crippen molar-refractivity contribution in [1.82, 2.24) is 24.7 Å². The summed E-state index contributed by atoms with van der Waals surface area (Å²) in [5.41, 5.74) is 5.38. The molecule has 0 spiro atoms. The van der Waals surface area contributed by atoms with E-state index in [1.165, 1.54) is 6.26 Å². The Bertz CT molecular complexity index is 1960. The summed E-state index contributed by atoms with van der Waals surface area (Å²) in [6.07, 6.45) is 6.47. The van der Waals surface area contributed by atoms with E-state index < -0.39 is 9.84 Å². The van der Waals surface area contributed by atoms with Gasteiger partial charge in [0.05, 0.1) is 53.7 Å². The fraction of sp³-hybridized carbons (Fsp3) is 0.290. The molecule has 1 aromatic carbocycles. The van der Waals surface area contributed by atoms with Crippen LogP contribution in [0.4, 0.5) is 5.69 Å². The lowest BCUT2D eigenvalue weighted by molar-refractivity contribution is 0.341. The van der Waals surface area contributed by atoms with Gasteiger partial charge in [0.15, 0.2) is 5.82 Å². The highest BCUT2D eigenvalue weighted by Gasteiger charge is 2.38. The molecule has 0 amide bonds. The van der Waals surface area contributed by atoms with Gasteiger partial charge in [-0.1, -0.05) is 11.6 Å². The quantitative estimate of drug-likeness (QED) is 0.226. The van der Waals surface area contributed by atoms with E-state index in [1.54, 1.807) is 49.6 Å². The van der Waals surface area contributed by atoms with Crippen LogP contribution in [-0.4, -0.2) is 72.0 Å². The lowest BCUT2D eigenvalue weighted by Gasteiger charge is -2.48. The van der Waals surface area contributed by atoms with E-state index in [2.05, 4.69) is 9.88 Å². The number of benzene rings is 1. The third kappa shape index (κ3) is 5.50. The van der Waals surface area contributed by atoms with E-state index in [4.69, 9.17) is 36.1 Å². The topological polar surface area (TPSA) is 112 Å². The number of hydrogen-bond acceptors (Lipinski definition) is 9. The van der Waals surface area contributed by atoms with Crippen molar-refractivity contribution in [3.05, 3.63) is 71.8 Å². The smallest absolute Gasteiger partial charge is 0.156 e. The van der Waals surface area contributed by atoms with Gasteiger partial charge < -0.3 is 14.4 Å². The highest BCUT2D eigenvalue weighted by atomic mass is 35.5. The third-order valence-electron chi connectivity index (χ3n) is 7.95. The van der Waals surface area contributed by atoms with Gasteiger partial charge in [0.2, 0.25) is 0 Å². The molecule has 5 aromatic rings. The molecular formula is C31H31ClN6O4S. The number of sulfone groups is 1. The van der Waals surface area contributed by atoms with Crippen molar-refractivity contribution in [2.75, 3.05) is 37.7 Å². The number of hydrogen-bond donors (Lipinski definition) is 0. The van der Waals surface area contributed by atoms with Crippen molar-refractivity contribution in [3.8, 4) is 39.8 Å². The minimum Gasteiger partial charge on any atom is -0.497 e. The van der Waals surface area contributed by atoms with Gasteiger partial charge in [-0.2, -0.15) is 5.10 Å². The number of methoxy groups -OCH3 is 2. The Morgan fingerprint density at radius 1 is 1.00 bits per heavy atom. The van der Waals surface area contributed by atoms with E-state index in [0.717, 1.165) is 33.4 Å². The van der Waals surface area contributed by atoms with Crippen LogP contribution in [0, 0.1) is 12.8 Å². The summed E-state index contributed by atoms with van der Waals surface area (Å²) in [4.78, 5) is 16.3. The zero-order valence-corrected chi connectivity index (χ0v) is 26.0. The number of aryl methyl sites for hydroxylation is 1. The van der Waals surface area contributed by atoms with Crippen LogP contribution in [0.15, 0.2) is 61.1 Å². The molecule has 4 aromatic heterocycles. The van der Waals surface area contributed by atoms with E-state index in [0.29, 0.717) is 40.3 Å². The molecule has 2 atom stereocenters. The highest BCUT2D eigenvalue weighted by molar-refractivity contribution is 7.90. The van der Waals surface area contributed by atoms with Gasteiger partial charge in [0.1, 0.15) is 21.3 Å². The zero-order chi connectivity index (χ0) is 30.5. The Hall–Kier alpha value is -4.22. The standard InChI is InChI=1S/C31H31ClN6O4S/c1-18-24-15-34-38(29(24)13-28(35-18)25-14-33-9-8-30(25)42-4)31-11-21(37-16-20(19(37)2)17-43(5,39)40)10-27(36-31)23-7-6-22(41-3)12-26(23)32/h6-15,19-20H,16-17H2,1-5H3/t19-,20-/m1/s1.